The first-order valence-corrected chi connectivity index (χ1v) is 9.56. The fraction of sp³-hybridized carbons (Fsp3) is 0.421. The number of anilines is 1. The highest BCUT2D eigenvalue weighted by molar-refractivity contribution is 14.0. The highest BCUT2D eigenvalue weighted by Gasteiger charge is 2.19. The summed E-state index contributed by atoms with van der Waals surface area (Å²) >= 11 is 1.84. The van der Waals surface area contributed by atoms with Crippen LogP contribution in [-0.2, 0) is 6.54 Å². The van der Waals surface area contributed by atoms with Crippen LogP contribution in [0.15, 0.2) is 46.8 Å². The molecular weight excluding hydrogens is 459 g/mol. The average molecular weight is 486 g/mol. The number of halogens is 1. The second kappa shape index (κ2) is 10.7. The second-order valence-corrected chi connectivity index (χ2v) is 7.41. The molecule has 2 aromatic rings. The molecule has 142 valence electrons. The summed E-state index contributed by atoms with van der Waals surface area (Å²) in [5.74, 6) is 1.93. The molecule has 0 atom stereocenters. The number of ether oxygens (including phenoxy) is 1. The van der Waals surface area contributed by atoms with Crippen molar-refractivity contribution in [1.82, 2.24) is 4.90 Å². The van der Waals surface area contributed by atoms with Gasteiger partial charge in [0.05, 0.1) is 7.11 Å². The fourth-order valence-electron chi connectivity index (χ4n) is 3.04. The molecule has 3 rings (SSSR count). The molecule has 3 N–H and O–H groups in total. The van der Waals surface area contributed by atoms with Gasteiger partial charge in [-0.3, -0.25) is 9.89 Å². The molecule has 1 fully saturated rings. The van der Waals surface area contributed by atoms with E-state index < -0.39 is 0 Å². The number of nitrogens with two attached hydrogens (primary N) is 1. The molecule has 1 aromatic carbocycles. The van der Waals surface area contributed by atoms with Gasteiger partial charge in [-0.1, -0.05) is 6.07 Å². The van der Waals surface area contributed by atoms with Gasteiger partial charge in [0.1, 0.15) is 5.75 Å². The zero-order valence-electron chi connectivity index (χ0n) is 15.1. The number of benzene rings is 1. The summed E-state index contributed by atoms with van der Waals surface area (Å²) in [6.45, 7) is 4.16. The molecule has 0 bridgehead atoms. The van der Waals surface area contributed by atoms with E-state index in [2.05, 4.69) is 32.7 Å². The number of aliphatic imine (C=N–C) groups is 1. The summed E-state index contributed by atoms with van der Waals surface area (Å²) in [7, 11) is 1.66. The molecule has 1 aliphatic heterocycles. The first-order chi connectivity index (χ1) is 12.2. The third-order valence-corrected chi connectivity index (χ3v) is 5.41. The topological polar surface area (TPSA) is 62.9 Å². The molecule has 0 amide bonds. The number of nitrogens with one attached hydrogen (secondary N) is 1. The minimum Gasteiger partial charge on any atom is -0.497 e. The number of nitrogens with zero attached hydrogens (tertiary/aromatic N) is 2. The number of guanidine groups is 1. The van der Waals surface area contributed by atoms with Gasteiger partial charge in [-0.05, 0) is 67.6 Å². The number of methoxy groups -OCH3 is 1. The third-order valence-electron chi connectivity index (χ3n) is 4.55. The van der Waals surface area contributed by atoms with E-state index in [0.717, 1.165) is 37.6 Å². The smallest absolute Gasteiger partial charge is 0.193 e. The molecule has 1 saturated heterocycles. The van der Waals surface area contributed by atoms with Crippen LogP contribution in [0.25, 0.3) is 0 Å². The molecule has 0 spiro atoms. The summed E-state index contributed by atoms with van der Waals surface area (Å²) in [6.07, 6.45) is 2.37. The van der Waals surface area contributed by atoms with Gasteiger partial charge in [0.25, 0.3) is 0 Å². The summed E-state index contributed by atoms with van der Waals surface area (Å²) < 4.78 is 5.15. The Morgan fingerprint density at radius 1 is 1.27 bits per heavy atom. The molecule has 2 heterocycles. The number of rotatable bonds is 6. The van der Waals surface area contributed by atoms with E-state index in [-0.39, 0.29) is 24.0 Å². The lowest BCUT2D eigenvalue weighted by Crippen LogP contribution is -2.34. The second-order valence-electron chi connectivity index (χ2n) is 6.38. The molecular formula is C19H27IN4OS. The summed E-state index contributed by atoms with van der Waals surface area (Å²) in [5.41, 5.74) is 6.93. The first-order valence-electron chi connectivity index (χ1n) is 8.68. The van der Waals surface area contributed by atoms with Gasteiger partial charge in [-0.2, -0.15) is 0 Å². The molecule has 5 nitrogen and oxygen atoms in total. The van der Waals surface area contributed by atoms with E-state index >= 15 is 0 Å². The summed E-state index contributed by atoms with van der Waals surface area (Å²) in [5, 5.41) is 5.28. The Bertz CT molecular complexity index is 667. The predicted molar refractivity (Wildman–Crippen MR) is 121 cm³/mol. The molecule has 0 unspecified atom stereocenters. The number of hydrogen-bond acceptors (Lipinski definition) is 4. The van der Waals surface area contributed by atoms with Crippen molar-refractivity contribution < 1.29 is 4.74 Å². The maximum Gasteiger partial charge on any atom is 0.193 e. The number of hydrogen-bond donors (Lipinski definition) is 2. The van der Waals surface area contributed by atoms with E-state index in [1.54, 1.807) is 7.11 Å². The minimum absolute atomic E-state index is 0. The molecule has 26 heavy (non-hydrogen) atoms. The van der Waals surface area contributed by atoms with Crippen LogP contribution in [0.2, 0.25) is 0 Å². The van der Waals surface area contributed by atoms with Crippen molar-refractivity contribution in [1.29, 1.82) is 0 Å². The van der Waals surface area contributed by atoms with Gasteiger partial charge in [-0.25, -0.2) is 0 Å². The van der Waals surface area contributed by atoms with Crippen molar-refractivity contribution >= 4 is 47.0 Å². The molecule has 0 saturated carbocycles. The van der Waals surface area contributed by atoms with Crippen molar-refractivity contribution in [3.05, 3.63) is 46.7 Å². The highest BCUT2D eigenvalue weighted by Crippen LogP contribution is 2.21. The van der Waals surface area contributed by atoms with E-state index in [9.17, 15) is 0 Å². The van der Waals surface area contributed by atoms with Crippen molar-refractivity contribution in [2.45, 2.75) is 19.4 Å². The average Bonchev–Trinajstić information content (AvgIpc) is 3.15. The van der Waals surface area contributed by atoms with Crippen molar-refractivity contribution in [2.24, 2.45) is 16.6 Å². The van der Waals surface area contributed by atoms with Crippen molar-refractivity contribution in [3.8, 4) is 5.75 Å². The number of likely N-dealkylation sites (tertiary alicyclic amines) is 1. The Balaban J connectivity index is 0.00000243. The Morgan fingerprint density at radius 2 is 2.00 bits per heavy atom. The van der Waals surface area contributed by atoms with Gasteiger partial charge in [0.15, 0.2) is 5.96 Å². The van der Waals surface area contributed by atoms with Gasteiger partial charge >= 0.3 is 0 Å². The normalized spacial score (nSPS) is 16.1. The van der Waals surface area contributed by atoms with Crippen LogP contribution in [0.3, 0.4) is 0 Å². The van der Waals surface area contributed by atoms with Crippen LogP contribution >= 0.6 is 35.3 Å². The monoisotopic (exact) mass is 486 g/mol. The lowest BCUT2D eigenvalue weighted by Gasteiger charge is -2.30. The Kier molecular flexibility index (Phi) is 8.67. The molecule has 7 heteroatoms. The lowest BCUT2D eigenvalue weighted by molar-refractivity contribution is 0.182. The van der Waals surface area contributed by atoms with Crippen LogP contribution in [0, 0.1) is 5.92 Å². The maximum atomic E-state index is 6.01. The zero-order valence-corrected chi connectivity index (χ0v) is 18.2. The first kappa shape index (κ1) is 21.0. The SMILES string of the molecule is COc1ccc(NC(N)=NCC2CCN(Cc3cccs3)CC2)cc1.I. The molecule has 0 aliphatic carbocycles. The van der Waals surface area contributed by atoms with Gasteiger partial charge < -0.3 is 15.8 Å². The largest absolute Gasteiger partial charge is 0.497 e. The summed E-state index contributed by atoms with van der Waals surface area (Å²) in [6, 6.07) is 12.0. The Morgan fingerprint density at radius 3 is 2.62 bits per heavy atom. The zero-order chi connectivity index (χ0) is 17.5. The van der Waals surface area contributed by atoms with Crippen LogP contribution in [0.1, 0.15) is 17.7 Å². The third kappa shape index (κ3) is 6.44. The van der Waals surface area contributed by atoms with Crippen LogP contribution in [0.5, 0.6) is 5.75 Å². The van der Waals surface area contributed by atoms with E-state index in [1.165, 1.54) is 17.7 Å². The number of piperidine rings is 1. The highest BCUT2D eigenvalue weighted by atomic mass is 127. The Labute approximate surface area is 176 Å². The van der Waals surface area contributed by atoms with Crippen molar-refractivity contribution in [2.75, 3.05) is 32.1 Å². The van der Waals surface area contributed by atoms with Crippen LogP contribution in [-0.4, -0.2) is 37.6 Å². The number of thiophene rings is 1. The van der Waals surface area contributed by atoms with E-state index in [1.807, 2.05) is 35.6 Å². The van der Waals surface area contributed by atoms with Crippen LogP contribution < -0.4 is 15.8 Å². The maximum absolute atomic E-state index is 6.01. The predicted octanol–water partition coefficient (Wildman–Crippen LogP) is 4.01. The molecule has 0 radical (unpaired) electrons. The molecule has 1 aromatic heterocycles. The van der Waals surface area contributed by atoms with Gasteiger partial charge in [-0.15, -0.1) is 35.3 Å². The summed E-state index contributed by atoms with van der Waals surface area (Å²) in [4.78, 5) is 8.50. The quantitative estimate of drug-likeness (QED) is 0.368. The Hall–Kier alpha value is -1.32. The van der Waals surface area contributed by atoms with Gasteiger partial charge in [0, 0.05) is 23.7 Å². The standard InChI is InChI=1S/C19H26N4OS.HI/c1-24-17-6-4-16(5-7-17)22-19(20)21-13-15-8-10-23(11-9-15)14-18-3-2-12-25-18;/h2-7,12,15H,8-11,13-14H2,1H3,(H3,20,21,22);1H. The van der Waals surface area contributed by atoms with E-state index in [4.69, 9.17) is 10.5 Å². The molecule has 1 aliphatic rings. The van der Waals surface area contributed by atoms with Gasteiger partial charge in [0.2, 0.25) is 0 Å². The van der Waals surface area contributed by atoms with Crippen molar-refractivity contribution in [3.63, 3.8) is 0 Å². The van der Waals surface area contributed by atoms with E-state index in [0.29, 0.717) is 11.9 Å². The van der Waals surface area contributed by atoms with Crippen LogP contribution in [0.4, 0.5) is 5.69 Å². The fourth-order valence-corrected chi connectivity index (χ4v) is 3.79. The lowest BCUT2D eigenvalue weighted by atomic mass is 9.97. The minimum atomic E-state index is 0.